The van der Waals surface area contributed by atoms with E-state index in [1.54, 1.807) is 12.1 Å². The zero-order chi connectivity index (χ0) is 37.9. The van der Waals surface area contributed by atoms with Gasteiger partial charge < -0.3 is 40.6 Å². The largest absolute Gasteiger partial charge is 0.506 e. The minimum Gasteiger partial charge on any atom is -0.506 e. The maximum absolute atomic E-state index is 13.9. The number of carbonyl (C=O) groups is 2. The number of rotatable bonds is 16. The number of benzene rings is 4. The van der Waals surface area contributed by atoms with Crippen LogP contribution >= 0.6 is 0 Å². The molecule has 6 rings (SSSR count). The van der Waals surface area contributed by atoms with Crippen LogP contribution < -0.4 is 20.9 Å². The van der Waals surface area contributed by atoms with Gasteiger partial charge in [-0.15, -0.1) is 0 Å². The first-order chi connectivity index (χ1) is 26.2. The van der Waals surface area contributed by atoms with Crippen molar-refractivity contribution in [3.63, 3.8) is 0 Å². The monoisotopic (exact) mass is 732 g/mol. The summed E-state index contributed by atoms with van der Waals surface area (Å²) in [5.74, 6) is 1.02. The highest BCUT2D eigenvalue weighted by molar-refractivity contribution is 5.94. The molecule has 4 aromatic carbocycles. The van der Waals surface area contributed by atoms with Gasteiger partial charge in [-0.2, -0.15) is 0 Å². The molecular weight excluding hydrogens is 684 g/mol. The highest BCUT2D eigenvalue weighted by Gasteiger charge is 2.22. The molecule has 0 spiro atoms. The van der Waals surface area contributed by atoms with Gasteiger partial charge >= 0.3 is 6.09 Å². The number of nitrogens with one attached hydrogen (secondary N) is 3. The number of aliphatic hydroxyl groups is 1. The molecule has 1 heterocycles. The molecule has 2 amide bonds. The number of fused-ring (bicyclic) bond motifs is 1. The van der Waals surface area contributed by atoms with E-state index in [2.05, 4.69) is 15.6 Å². The van der Waals surface area contributed by atoms with Gasteiger partial charge in [-0.3, -0.25) is 9.59 Å². The Balaban J connectivity index is 1.04. The molecule has 1 aliphatic carbocycles. The summed E-state index contributed by atoms with van der Waals surface area (Å²) in [6, 6.07) is 29.8. The second-order valence-electron chi connectivity index (χ2n) is 14.0. The molecule has 1 fully saturated rings. The fraction of sp³-hybridized carbons (Fsp3) is 0.326. The predicted octanol–water partition coefficient (Wildman–Crippen LogP) is 6.91. The van der Waals surface area contributed by atoms with Gasteiger partial charge in [0.25, 0.3) is 5.91 Å². The Kier molecular flexibility index (Phi) is 13.0. The Morgan fingerprint density at radius 1 is 0.889 bits per heavy atom. The summed E-state index contributed by atoms with van der Waals surface area (Å²) < 4.78 is 6.10. The molecule has 1 aliphatic rings. The Bertz CT molecular complexity index is 2060. The van der Waals surface area contributed by atoms with Gasteiger partial charge in [0.2, 0.25) is 5.56 Å². The highest BCUT2D eigenvalue weighted by Crippen LogP contribution is 2.29. The van der Waals surface area contributed by atoms with Crippen LogP contribution in [0.5, 0.6) is 11.5 Å². The van der Waals surface area contributed by atoms with Gasteiger partial charge in [-0.25, -0.2) is 4.79 Å². The summed E-state index contributed by atoms with van der Waals surface area (Å²) in [7, 11) is 0. The molecule has 1 aromatic heterocycles. The summed E-state index contributed by atoms with van der Waals surface area (Å²) in [5, 5.41) is 37.1. The molecule has 6 N–H and O–H groups in total. The van der Waals surface area contributed by atoms with E-state index in [4.69, 9.17) is 4.74 Å². The smallest absolute Gasteiger partial charge is 0.405 e. The maximum Gasteiger partial charge on any atom is 0.405 e. The van der Waals surface area contributed by atoms with Crippen molar-refractivity contribution in [3.05, 3.63) is 141 Å². The first-order valence-electron chi connectivity index (χ1n) is 18.6. The van der Waals surface area contributed by atoms with Gasteiger partial charge in [-0.05, 0) is 90.4 Å². The summed E-state index contributed by atoms with van der Waals surface area (Å²) in [4.78, 5) is 41.8. The van der Waals surface area contributed by atoms with Crippen molar-refractivity contribution in [3.8, 4) is 11.5 Å². The Hall–Kier alpha value is -5.65. The number of H-pyrrole nitrogens is 1. The number of phenols is 1. The number of ether oxygens (including phenoxy) is 1. The molecule has 282 valence electrons. The van der Waals surface area contributed by atoms with Crippen molar-refractivity contribution in [2.24, 2.45) is 5.92 Å². The van der Waals surface area contributed by atoms with Crippen molar-refractivity contribution < 1.29 is 29.6 Å². The van der Waals surface area contributed by atoms with E-state index in [9.17, 15) is 29.7 Å². The molecule has 0 bridgehead atoms. The van der Waals surface area contributed by atoms with Crippen molar-refractivity contribution in [1.82, 2.24) is 20.5 Å². The van der Waals surface area contributed by atoms with Crippen molar-refractivity contribution in [2.75, 3.05) is 26.2 Å². The van der Waals surface area contributed by atoms with Crippen molar-refractivity contribution in [1.29, 1.82) is 0 Å². The SMILES string of the molecule is O=C(O)N[C@@H](c1ccccc1)c1cccc(OCc2ccc(C(=O)N(CCCNC[C@H](O)c3ccc(O)c4[nH]c(=O)ccc34)CC3CCCCC3)cc2)c1. The first kappa shape index (κ1) is 38.1. The molecular formula is C43H48N4O7. The number of aromatic amines is 1. The van der Waals surface area contributed by atoms with E-state index in [-0.39, 0.29) is 30.4 Å². The second kappa shape index (κ2) is 18.4. The number of carbonyl (C=O) groups excluding carboxylic acids is 1. The number of nitrogens with zero attached hydrogens (tertiary/aromatic N) is 1. The Morgan fingerprint density at radius 3 is 2.41 bits per heavy atom. The molecule has 0 radical (unpaired) electrons. The minimum atomic E-state index is -1.12. The lowest BCUT2D eigenvalue weighted by Gasteiger charge is -2.30. The molecule has 1 saturated carbocycles. The summed E-state index contributed by atoms with van der Waals surface area (Å²) in [5.41, 5.74) is 3.67. The maximum atomic E-state index is 13.9. The summed E-state index contributed by atoms with van der Waals surface area (Å²) >= 11 is 0. The molecule has 0 saturated heterocycles. The minimum absolute atomic E-state index is 0.0109. The third-order valence-electron chi connectivity index (χ3n) is 10.1. The van der Waals surface area contributed by atoms with E-state index in [1.165, 1.54) is 31.4 Å². The highest BCUT2D eigenvalue weighted by atomic mass is 16.5. The molecule has 2 atom stereocenters. The first-order valence-corrected chi connectivity index (χ1v) is 18.6. The van der Waals surface area contributed by atoms with Crippen LogP contribution in [0.4, 0.5) is 4.79 Å². The van der Waals surface area contributed by atoms with Crippen LogP contribution in [0.15, 0.2) is 108 Å². The third-order valence-corrected chi connectivity index (χ3v) is 10.1. The average molecular weight is 733 g/mol. The molecule has 0 aliphatic heterocycles. The second-order valence-corrected chi connectivity index (χ2v) is 14.0. The summed E-state index contributed by atoms with van der Waals surface area (Å²) in [6.07, 6.45) is 4.59. The molecule has 5 aromatic rings. The Labute approximate surface area is 314 Å². The van der Waals surface area contributed by atoms with E-state index < -0.39 is 18.2 Å². The van der Waals surface area contributed by atoms with E-state index in [1.807, 2.05) is 83.8 Å². The topological polar surface area (TPSA) is 164 Å². The van der Waals surface area contributed by atoms with Crippen molar-refractivity contribution >= 4 is 22.9 Å². The number of aromatic hydroxyl groups is 1. The number of aromatic nitrogens is 1. The lowest BCUT2D eigenvalue weighted by Crippen LogP contribution is -2.38. The summed E-state index contributed by atoms with van der Waals surface area (Å²) in [6.45, 7) is 2.43. The van der Waals surface area contributed by atoms with Gasteiger partial charge in [-0.1, -0.05) is 79.9 Å². The molecule has 11 heteroatoms. The Morgan fingerprint density at radius 2 is 1.65 bits per heavy atom. The van der Waals surface area contributed by atoms with E-state index >= 15 is 0 Å². The number of hydrogen-bond acceptors (Lipinski definition) is 7. The third kappa shape index (κ3) is 10.1. The molecule has 0 unspecified atom stereocenters. The van der Waals surface area contributed by atoms with Crippen LogP contribution in [-0.2, 0) is 6.61 Å². The number of phenolic OH excluding ortho intramolecular Hbond substituents is 1. The van der Waals surface area contributed by atoms with Crippen LogP contribution in [0.1, 0.15) is 83.3 Å². The van der Waals surface area contributed by atoms with E-state index in [0.29, 0.717) is 59.8 Å². The normalized spacial score (nSPS) is 14.3. The zero-order valence-electron chi connectivity index (χ0n) is 30.2. The van der Waals surface area contributed by atoms with Crippen LogP contribution in [0.25, 0.3) is 10.9 Å². The van der Waals surface area contributed by atoms with E-state index in [0.717, 1.165) is 29.5 Å². The number of carboxylic acid groups (broad SMARTS) is 1. The number of aliphatic hydroxyl groups excluding tert-OH is 1. The van der Waals surface area contributed by atoms with Crippen molar-refractivity contribution in [2.45, 2.75) is 57.3 Å². The van der Waals surface area contributed by atoms with Gasteiger partial charge in [0.1, 0.15) is 18.1 Å². The average Bonchev–Trinajstić information content (AvgIpc) is 3.19. The fourth-order valence-electron chi connectivity index (χ4n) is 7.26. The number of amides is 2. The number of pyridine rings is 1. The fourth-order valence-corrected chi connectivity index (χ4v) is 7.26. The molecule has 11 nitrogen and oxygen atoms in total. The zero-order valence-corrected chi connectivity index (χ0v) is 30.2. The predicted molar refractivity (Wildman–Crippen MR) is 208 cm³/mol. The van der Waals surface area contributed by atoms with Gasteiger partial charge in [0.15, 0.2) is 0 Å². The van der Waals surface area contributed by atoms with Gasteiger partial charge in [0.05, 0.1) is 17.7 Å². The van der Waals surface area contributed by atoms with Crippen LogP contribution in [0.3, 0.4) is 0 Å². The van der Waals surface area contributed by atoms with Crippen LogP contribution in [0.2, 0.25) is 0 Å². The van der Waals surface area contributed by atoms with Crippen LogP contribution in [-0.4, -0.2) is 63.4 Å². The van der Waals surface area contributed by atoms with Crippen LogP contribution in [0, 0.1) is 5.92 Å². The lowest BCUT2D eigenvalue weighted by molar-refractivity contribution is 0.0710. The number of hydrogen-bond donors (Lipinski definition) is 6. The lowest BCUT2D eigenvalue weighted by atomic mass is 9.88. The quantitative estimate of drug-likeness (QED) is 0.0597. The van der Waals surface area contributed by atoms with Gasteiger partial charge in [0, 0.05) is 36.7 Å². The standard InChI is InChI=1S/C43H48N4O7/c48-37-21-19-35(36-20-22-39(50)45-41(36)37)38(49)26-44-23-8-24-47(27-29-9-3-1-4-10-29)42(51)32-17-15-30(16-18-32)28-54-34-14-7-13-33(25-34)40(46-43(52)53)31-11-5-2-6-12-31/h2,5-7,11-22,25,29,38,40,44,46,48-49H,1,3-4,8-10,23-24,26-28H2,(H,45,50)(H,52,53)/t38-,40-/m0/s1. The molecule has 54 heavy (non-hydrogen) atoms.